The van der Waals surface area contributed by atoms with Crippen molar-refractivity contribution in [2.75, 3.05) is 39.3 Å². The minimum atomic E-state index is -0.136. The van der Waals surface area contributed by atoms with E-state index in [1.165, 1.54) is 5.56 Å². The number of halogens is 3. The highest BCUT2D eigenvalue weighted by Crippen LogP contribution is 2.15. The Morgan fingerprint density at radius 1 is 1.07 bits per heavy atom. The average Bonchev–Trinajstić information content (AvgIpc) is 2.53. The van der Waals surface area contributed by atoms with Gasteiger partial charge in [-0.1, -0.05) is 23.7 Å². The van der Waals surface area contributed by atoms with Crippen molar-refractivity contribution in [1.29, 1.82) is 0 Å². The van der Waals surface area contributed by atoms with Gasteiger partial charge in [-0.15, -0.1) is 24.8 Å². The second-order valence-corrected chi connectivity index (χ2v) is 8.50. The lowest BCUT2D eigenvalue weighted by Crippen LogP contribution is -2.48. The molecule has 156 valence electrons. The van der Waals surface area contributed by atoms with E-state index < -0.39 is 0 Å². The fraction of sp³-hybridized carbons (Fsp3) is 0.632. The molecule has 0 bridgehead atoms. The van der Waals surface area contributed by atoms with Crippen LogP contribution in [0.15, 0.2) is 24.3 Å². The normalized spacial score (nSPS) is 15.6. The van der Waals surface area contributed by atoms with Crippen LogP contribution in [0.25, 0.3) is 0 Å². The molecule has 1 aromatic rings. The molecule has 0 unspecified atom stereocenters. The molecule has 1 N–H and O–H groups in total. The molecule has 1 aliphatic rings. The summed E-state index contributed by atoms with van der Waals surface area (Å²) >= 11 is 10.9. The zero-order valence-corrected chi connectivity index (χ0v) is 19.6. The van der Waals surface area contributed by atoms with Gasteiger partial charge in [0.25, 0.3) is 5.17 Å². The maximum absolute atomic E-state index is 9.71. The van der Waals surface area contributed by atoms with E-state index in [1.54, 1.807) is 0 Å². The van der Waals surface area contributed by atoms with Gasteiger partial charge < -0.3 is 14.9 Å². The first-order chi connectivity index (χ1) is 11.8. The molecule has 1 aliphatic heterocycles. The molecule has 0 amide bonds. The van der Waals surface area contributed by atoms with Gasteiger partial charge in [0.1, 0.15) is 0 Å². The highest BCUT2D eigenvalue weighted by molar-refractivity contribution is 7.79. The van der Waals surface area contributed by atoms with Gasteiger partial charge in [0.05, 0.1) is 0 Å². The first kappa shape index (κ1) is 26.7. The van der Waals surface area contributed by atoms with Crippen molar-refractivity contribution in [2.45, 2.75) is 39.3 Å². The molecule has 0 radical (unpaired) electrons. The van der Waals surface area contributed by atoms with E-state index in [-0.39, 0.29) is 35.5 Å². The predicted octanol–water partition coefficient (Wildman–Crippen LogP) is 4.63. The molecule has 0 spiro atoms. The lowest BCUT2D eigenvalue weighted by atomic mass is 10.1. The predicted molar refractivity (Wildman–Crippen MR) is 124 cm³/mol. The van der Waals surface area contributed by atoms with Crippen LogP contribution < -0.4 is 0 Å². The van der Waals surface area contributed by atoms with Gasteiger partial charge in [-0.05, 0) is 63.7 Å². The first-order valence-corrected chi connectivity index (χ1v) is 9.74. The van der Waals surface area contributed by atoms with Crippen molar-refractivity contribution in [1.82, 2.24) is 14.7 Å². The Morgan fingerprint density at radius 2 is 1.59 bits per heavy atom. The Labute approximate surface area is 186 Å². The van der Waals surface area contributed by atoms with Crippen molar-refractivity contribution < 1.29 is 5.11 Å². The summed E-state index contributed by atoms with van der Waals surface area (Å²) in [7, 11) is 0. The monoisotopic (exact) mass is 455 g/mol. The van der Waals surface area contributed by atoms with Crippen LogP contribution in [0.4, 0.5) is 0 Å². The highest BCUT2D eigenvalue weighted by atomic mass is 35.5. The van der Waals surface area contributed by atoms with Crippen LogP contribution >= 0.6 is 48.6 Å². The summed E-state index contributed by atoms with van der Waals surface area (Å²) in [4.78, 5) is 6.89. The van der Waals surface area contributed by atoms with Crippen molar-refractivity contribution in [3.63, 3.8) is 0 Å². The third-order valence-corrected chi connectivity index (χ3v) is 5.15. The second-order valence-electron chi connectivity index (χ2n) is 7.70. The molecule has 0 saturated carbocycles. The van der Waals surface area contributed by atoms with E-state index in [0.29, 0.717) is 0 Å². The van der Waals surface area contributed by atoms with E-state index in [9.17, 15) is 5.11 Å². The Kier molecular flexibility index (Phi) is 12.2. The number of piperazine rings is 1. The van der Waals surface area contributed by atoms with Crippen LogP contribution in [0.3, 0.4) is 0 Å². The number of thiocarbonyl (C=S) groups is 1. The first-order valence-electron chi connectivity index (χ1n) is 8.95. The quantitative estimate of drug-likeness (QED) is 0.630. The molecule has 27 heavy (non-hydrogen) atoms. The van der Waals surface area contributed by atoms with Gasteiger partial charge in [-0.3, -0.25) is 4.90 Å². The molecule has 1 heterocycles. The summed E-state index contributed by atoms with van der Waals surface area (Å²) in [6.45, 7) is 13.4. The molecular formula is C19H32Cl3N3OS. The second kappa shape index (κ2) is 12.3. The number of hydrogen-bond donors (Lipinski definition) is 1. The molecule has 2 rings (SSSR count). The molecule has 4 nitrogen and oxygen atoms in total. The summed E-state index contributed by atoms with van der Waals surface area (Å²) in [5.41, 5.74) is 1.18. The summed E-state index contributed by atoms with van der Waals surface area (Å²) in [6.07, 6.45) is 1.01. The maximum Gasteiger partial charge on any atom is 0.257 e. The SMILES string of the molecule is CC(C)(C)N(CCCN1CCN(Cc2ccc(Cl)cc2)CC1)C(O)=S.Cl.Cl. The number of benzene rings is 1. The van der Waals surface area contributed by atoms with E-state index in [2.05, 4.69) is 42.7 Å². The number of rotatable bonds is 6. The summed E-state index contributed by atoms with van der Waals surface area (Å²) in [5, 5.41) is 10.5. The summed E-state index contributed by atoms with van der Waals surface area (Å²) in [5.74, 6) is 0. The van der Waals surface area contributed by atoms with Crippen molar-refractivity contribution in [2.24, 2.45) is 0 Å². The van der Waals surface area contributed by atoms with Gasteiger partial charge in [0.15, 0.2) is 0 Å². The topological polar surface area (TPSA) is 30.0 Å². The lowest BCUT2D eigenvalue weighted by molar-refractivity contribution is 0.119. The van der Waals surface area contributed by atoms with E-state index in [4.69, 9.17) is 23.8 Å². The highest BCUT2D eigenvalue weighted by Gasteiger charge is 2.23. The van der Waals surface area contributed by atoms with Crippen LogP contribution in [0.5, 0.6) is 0 Å². The molecule has 1 aromatic carbocycles. The van der Waals surface area contributed by atoms with Crippen LogP contribution in [-0.2, 0) is 6.54 Å². The van der Waals surface area contributed by atoms with Crippen LogP contribution in [0, 0.1) is 0 Å². The number of nitrogens with zero attached hydrogens (tertiary/aromatic N) is 3. The van der Waals surface area contributed by atoms with Crippen molar-refractivity contribution in [3.8, 4) is 0 Å². The van der Waals surface area contributed by atoms with Gasteiger partial charge in [0.2, 0.25) is 0 Å². The molecule has 8 heteroatoms. The average molecular weight is 457 g/mol. The van der Waals surface area contributed by atoms with Gasteiger partial charge in [0, 0.05) is 49.8 Å². The van der Waals surface area contributed by atoms with Crippen molar-refractivity contribution >= 4 is 53.8 Å². The summed E-state index contributed by atoms with van der Waals surface area (Å²) < 4.78 is 0. The smallest absolute Gasteiger partial charge is 0.257 e. The Balaban J connectivity index is 0.00000338. The van der Waals surface area contributed by atoms with Crippen LogP contribution in [0.2, 0.25) is 5.02 Å². The van der Waals surface area contributed by atoms with Gasteiger partial charge in [-0.25, -0.2) is 0 Å². The van der Waals surface area contributed by atoms with Crippen molar-refractivity contribution in [3.05, 3.63) is 34.9 Å². The van der Waals surface area contributed by atoms with E-state index in [0.717, 1.165) is 57.3 Å². The third kappa shape index (κ3) is 9.16. The van der Waals surface area contributed by atoms with Gasteiger partial charge in [-0.2, -0.15) is 0 Å². The maximum atomic E-state index is 9.71. The fourth-order valence-electron chi connectivity index (χ4n) is 3.19. The molecule has 0 atom stereocenters. The van der Waals surface area contributed by atoms with Gasteiger partial charge >= 0.3 is 0 Å². The fourth-order valence-corrected chi connectivity index (χ4v) is 3.68. The van der Waals surface area contributed by atoms with E-state index >= 15 is 0 Å². The Morgan fingerprint density at radius 3 is 2.07 bits per heavy atom. The molecule has 1 saturated heterocycles. The molecular weight excluding hydrogens is 425 g/mol. The molecule has 0 aromatic heterocycles. The molecule has 0 aliphatic carbocycles. The minimum Gasteiger partial charge on any atom is -0.486 e. The zero-order valence-electron chi connectivity index (χ0n) is 16.4. The number of aliphatic hydroxyl groups excluding tert-OH is 1. The standard InChI is InChI=1S/C19H30ClN3OS.2ClH/c1-19(2,3)23(18(24)25)10-4-9-21-11-13-22(14-12-21)15-16-5-7-17(20)8-6-16;;/h5-8H,4,9-15H2,1-3H3,(H,24,25);2*1H. The Bertz CT molecular complexity index is 558. The summed E-state index contributed by atoms with van der Waals surface area (Å²) in [6, 6.07) is 8.13. The largest absolute Gasteiger partial charge is 0.486 e. The number of aliphatic hydroxyl groups is 1. The lowest BCUT2D eigenvalue weighted by Gasteiger charge is -2.37. The third-order valence-electron chi connectivity index (χ3n) is 4.68. The molecule has 1 fully saturated rings. The Hall–Kier alpha value is -0.300. The number of hydrogen-bond acceptors (Lipinski definition) is 3. The van der Waals surface area contributed by atoms with Crippen LogP contribution in [0.1, 0.15) is 32.8 Å². The zero-order chi connectivity index (χ0) is 18.4. The minimum absolute atomic E-state index is 0. The van der Waals surface area contributed by atoms with Crippen LogP contribution in [-0.4, -0.2) is 69.8 Å². The van der Waals surface area contributed by atoms with E-state index in [1.807, 2.05) is 17.0 Å².